The van der Waals surface area contributed by atoms with Gasteiger partial charge in [0.25, 0.3) is 0 Å². The molecule has 1 heterocycles. The zero-order valence-corrected chi connectivity index (χ0v) is 12.8. The van der Waals surface area contributed by atoms with Gasteiger partial charge in [0.1, 0.15) is 0 Å². The van der Waals surface area contributed by atoms with E-state index in [4.69, 9.17) is 0 Å². The minimum absolute atomic E-state index is 1.17. The van der Waals surface area contributed by atoms with Crippen molar-refractivity contribution in [1.82, 2.24) is 10.2 Å². The van der Waals surface area contributed by atoms with Gasteiger partial charge in [0.2, 0.25) is 0 Å². The van der Waals surface area contributed by atoms with Gasteiger partial charge in [-0.25, -0.2) is 0 Å². The van der Waals surface area contributed by atoms with Crippen molar-refractivity contribution >= 4 is 0 Å². The van der Waals surface area contributed by atoms with Crippen LogP contribution >= 0.6 is 0 Å². The van der Waals surface area contributed by atoms with Gasteiger partial charge in [-0.15, -0.1) is 0 Å². The van der Waals surface area contributed by atoms with Crippen LogP contribution in [0, 0.1) is 0 Å². The van der Waals surface area contributed by atoms with Crippen LogP contribution in [0.4, 0.5) is 0 Å². The van der Waals surface area contributed by atoms with E-state index in [9.17, 15) is 0 Å². The Morgan fingerprint density at radius 3 is 2.40 bits per heavy atom. The normalized spacial score (nSPS) is 16.4. The van der Waals surface area contributed by atoms with E-state index in [1.54, 1.807) is 0 Å². The third kappa shape index (κ3) is 6.53. The Kier molecular flexibility index (Phi) is 7.73. The van der Waals surface area contributed by atoms with Crippen molar-refractivity contribution in [3.63, 3.8) is 0 Å². The van der Waals surface area contributed by atoms with E-state index in [2.05, 4.69) is 40.5 Å². The monoisotopic (exact) mass is 274 g/mol. The second-order valence-corrected chi connectivity index (χ2v) is 5.95. The number of rotatable bonds is 9. The number of benzene rings is 1. The van der Waals surface area contributed by atoms with Gasteiger partial charge in [0.15, 0.2) is 0 Å². The van der Waals surface area contributed by atoms with E-state index in [0.717, 1.165) is 0 Å². The van der Waals surface area contributed by atoms with E-state index in [1.165, 1.54) is 83.2 Å². The van der Waals surface area contributed by atoms with Crippen LogP contribution in [0.2, 0.25) is 0 Å². The standard InChI is InChI=1S/C18H30N2/c1-3-10-18(11-4-1)12-5-6-13-19-14-9-17-20-15-7-2-8-16-20/h1,3-4,10-11,19H,2,5-9,12-17H2. The predicted molar refractivity (Wildman–Crippen MR) is 87.2 cm³/mol. The molecule has 1 aliphatic rings. The molecule has 0 aliphatic carbocycles. The first kappa shape index (κ1) is 15.5. The van der Waals surface area contributed by atoms with Crippen LogP contribution in [0.5, 0.6) is 0 Å². The largest absolute Gasteiger partial charge is 0.317 e. The van der Waals surface area contributed by atoms with Crippen molar-refractivity contribution < 1.29 is 0 Å². The summed E-state index contributed by atoms with van der Waals surface area (Å²) in [4.78, 5) is 2.63. The summed E-state index contributed by atoms with van der Waals surface area (Å²) in [5.74, 6) is 0. The molecule has 1 saturated heterocycles. The van der Waals surface area contributed by atoms with Gasteiger partial charge in [-0.05, 0) is 76.8 Å². The number of unbranched alkanes of at least 4 members (excludes halogenated alkanes) is 1. The third-order valence-corrected chi connectivity index (χ3v) is 4.19. The number of nitrogens with zero attached hydrogens (tertiary/aromatic N) is 1. The molecule has 112 valence electrons. The lowest BCUT2D eigenvalue weighted by Gasteiger charge is -2.26. The first-order valence-corrected chi connectivity index (χ1v) is 8.42. The van der Waals surface area contributed by atoms with Crippen LogP contribution in [0.1, 0.15) is 44.1 Å². The number of piperidine rings is 1. The lowest BCUT2D eigenvalue weighted by atomic mass is 10.1. The molecule has 0 bridgehead atoms. The van der Waals surface area contributed by atoms with Crippen LogP contribution in [0.3, 0.4) is 0 Å². The molecule has 1 N–H and O–H groups in total. The number of hydrogen-bond donors (Lipinski definition) is 1. The highest BCUT2D eigenvalue weighted by molar-refractivity contribution is 5.14. The Labute approximate surface area is 124 Å². The SMILES string of the molecule is c1ccc(CCCCNCCCN2CCCCC2)cc1. The topological polar surface area (TPSA) is 15.3 Å². The molecule has 0 radical (unpaired) electrons. The molecular weight excluding hydrogens is 244 g/mol. The molecule has 20 heavy (non-hydrogen) atoms. The van der Waals surface area contributed by atoms with E-state index in [-0.39, 0.29) is 0 Å². The molecule has 2 nitrogen and oxygen atoms in total. The van der Waals surface area contributed by atoms with Crippen LogP contribution in [-0.2, 0) is 6.42 Å². The van der Waals surface area contributed by atoms with E-state index < -0.39 is 0 Å². The zero-order valence-electron chi connectivity index (χ0n) is 12.8. The summed E-state index contributed by atoms with van der Waals surface area (Å²) in [7, 11) is 0. The third-order valence-electron chi connectivity index (χ3n) is 4.19. The Morgan fingerprint density at radius 1 is 0.850 bits per heavy atom. The maximum atomic E-state index is 3.58. The highest BCUT2D eigenvalue weighted by atomic mass is 15.1. The highest BCUT2D eigenvalue weighted by Gasteiger charge is 2.08. The highest BCUT2D eigenvalue weighted by Crippen LogP contribution is 2.08. The number of likely N-dealkylation sites (tertiary alicyclic amines) is 1. The van der Waals surface area contributed by atoms with Gasteiger partial charge in [0, 0.05) is 0 Å². The summed E-state index contributed by atoms with van der Waals surface area (Å²) in [6, 6.07) is 10.8. The molecule has 1 aliphatic heterocycles. The molecule has 0 aromatic heterocycles. The molecule has 2 rings (SSSR count). The van der Waals surface area contributed by atoms with Crippen molar-refractivity contribution in [3.05, 3.63) is 35.9 Å². The Balaban J connectivity index is 1.38. The van der Waals surface area contributed by atoms with Crippen LogP contribution in [0.15, 0.2) is 30.3 Å². The molecule has 1 aromatic carbocycles. The van der Waals surface area contributed by atoms with E-state index in [1.807, 2.05) is 0 Å². The summed E-state index contributed by atoms with van der Waals surface area (Å²) >= 11 is 0. The number of nitrogens with one attached hydrogen (secondary N) is 1. The molecule has 2 heteroatoms. The molecule has 0 atom stereocenters. The fourth-order valence-electron chi connectivity index (χ4n) is 2.96. The van der Waals surface area contributed by atoms with Crippen molar-refractivity contribution in [2.45, 2.75) is 44.9 Å². The minimum Gasteiger partial charge on any atom is -0.317 e. The van der Waals surface area contributed by atoms with Crippen molar-refractivity contribution in [2.24, 2.45) is 0 Å². The second kappa shape index (κ2) is 9.95. The Bertz CT molecular complexity index is 331. The molecular formula is C18H30N2. The molecule has 1 aromatic rings. The summed E-state index contributed by atoms with van der Waals surface area (Å²) in [6.45, 7) is 6.31. The summed E-state index contributed by atoms with van der Waals surface area (Å²) in [5.41, 5.74) is 1.47. The fraction of sp³-hybridized carbons (Fsp3) is 0.667. The van der Waals surface area contributed by atoms with Gasteiger partial charge in [-0.3, -0.25) is 0 Å². The number of aryl methyl sites for hydroxylation is 1. The Hall–Kier alpha value is -0.860. The Morgan fingerprint density at radius 2 is 1.60 bits per heavy atom. The van der Waals surface area contributed by atoms with Crippen molar-refractivity contribution in [1.29, 1.82) is 0 Å². The lowest BCUT2D eigenvalue weighted by molar-refractivity contribution is 0.226. The van der Waals surface area contributed by atoms with Gasteiger partial charge < -0.3 is 10.2 Å². The van der Waals surface area contributed by atoms with Crippen LogP contribution in [0.25, 0.3) is 0 Å². The summed E-state index contributed by atoms with van der Waals surface area (Å²) in [5, 5.41) is 3.58. The van der Waals surface area contributed by atoms with Gasteiger partial charge in [-0.1, -0.05) is 36.8 Å². The quantitative estimate of drug-likeness (QED) is 0.694. The minimum atomic E-state index is 1.17. The zero-order chi connectivity index (χ0) is 13.9. The lowest BCUT2D eigenvalue weighted by Crippen LogP contribution is -2.32. The van der Waals surface area contributed by atoms with E-state index in [0.29, 0.717) is 0 Å². The average molecular weight is 274 g/mol. The molecule has 0 saturated carbocycles. The first-order valence-electron chi connectivity index (χ1n) is 8.42. The van der Waals surface area contributed by atoms with E-state index >= 15 is 0 Å². The average Bonchev–Trinajstić information content (AvgIpc) is 2.52. The second-order valence-electron chi connectivity index (χ2n) is 5.95. The van der Waals surface area contributed by atoms with Gasteiger partial charge >= 0.3 is 0 Å². The maximum absolute atomic E-state index is 3.58. The van der Waals surface area contributed by atoms with Gasteiger partial charge in [-0.2, -0.15) is 0 Å². The summed E-state index contributed by atoms with van der Waals surface area (Å²) in [6.07, 6.45) is 9.37. The van der Waals surface area contributed by atoms with Gasteiger partial charge in [0.05, 0.1) is 0 Å². The smallest absolute Gasteiger partial charge is 0.000664 e. The number of hydrogen-bond acceptors (Lipinski definition) is 2. The molecule has 1 fully saturated rings. The maximum Gasteiger partial charge on any atom is -0.000664 e. The molecule has 0 spiro atoms. The van der Waals surface area contributed by atoms with Crippen LogP contribution < -0.4 is 5.32 Å². The molecule has 0 unspecified atom stereocenters. The van der Waals surface area contributed by atoms with Crippen LogP contribution in [-0.4, -0.2) is 37.6 Å². The predicted octanol–water partition coefficient (Wildman–Crippen LogP) is 3.47. The van der Waals surface area contributed by atoms with Crippen molar-refractivity contribution in [3.8, 4) is 0 Å². The summed E-state index contributed by atoms with van der Waals surface area (Å²) < 4.78 is 0. The fourth-order valence-corrected chi connectivity index (χ4v) is 2.96. The van der Waals surface area contributed by atoms with Crippen molar-refractivity contribution in [2.75, 3.05) is 32.7 Å². The first-order chi connectivity index (χ1) is 9.95. The molecule has 0 amide bonds.